The molecule has 1 fully saturated rings. The molecule has 1 amide bonds. The third kappa shape index (κ3) is 5.76. The number of carbonyl (C=O) groups excluding carboxylic acids is 4. The van der Waals surface area contributed by atoms with Crippen LogP contribution in [0.1, 0.15) is 31.1 Å². The van der Waals surface area contributed by atoms with Crippen LogP contribution < -0.4 is 5.73 Å². The Morgan fingerprint density at radius 1 is 0.611 bits per heavy atom. The molecule has 0 aromatic heterocycles. The summed E-state index contributed by atoms with van der Waals surface area (Å²) < 4.78 is 22.4. The topological polar surface area (TPSA) is 131 Å². The Kier molecular flexibility index (Phi) is 7.72. The minimum absolute atomic E-state index is 0.192. The van der Waals surface area contributed by atoms with Gasteiger partial charge in [0.25, 0.3) is 5.91 Å². The van der Waals surface area contributed by atoms with E-state index in [1.807, 2.05) is 0 Å². The maximum Gasteiger partial charge on any atom is 0.338 e. The molecule has 0 unspecified atom stereocenters. The van der Waals surface area contributed by atoms with Gasteiger partial charge in [-0.3, -0.25) is 4.79 Å². The molecule has 0 aliphatic carbocycles. The first kappa shape index (κ1) is 24.6. The van der Waals surface area contributed by atoms with Crippen LogP contribution in [0.3, 0.4) is 0 Å². The van der Waals surface area contributed by atoms with E-state index in [2.05, 4.69) is 0 Å². The van der Waals surface area contributed by atoms with E-state index in [1.165, 1.54) is 24.3 Å². The van der Waals surface area contributed by atoms with E-state index >= 15 is 0 Å². The molecule has 3 aromatic rings. The SMILES string of the molecule is NC(=O)[C@@H]1OC[C@@H](OC(=O)c2ccccc2)[C@H](OC(=O)c2ccccc2)[C@H]1OC(=O)c1ccccc1. The summed E-state index contributed by atoms with van der Waals surface area (Å²) in [5.74, 6) is -3.22. The number of benzene rings is 3. The van der Waals surface area contributed by atoms with Crippen molar-refractivity contribution in [3.05, 3.63) is 108 Å². The fraction of sp³-hybridized carbons (Fsp3) is 0.185. The van der Waals surface area contributed by atoms with Crippen LogP contribution in [0.2, 0.25) is 0 Å². The summed E-state index contributed by atoms with van der Waals surface area (Å²) in [5.41, 5.74) is 6.16. The molecule has 9 nitrogen and oxygen atoms in total. The van der Waals surface area contributed by atoms with Crippen molar-refractivity contribution in [3.63, 3.8) is 0 Å². The van der Waals surface area contributed by atoms with E-state index in [9.17, 15) is 19.2 Å². The highest BCUT2D eigenvalue weighted by molar-refractivity contribution is 5.91. The van der Waals surface area contributed by atoms with Crippen molar-refractivity contribution < 1.29 is 38.1 Å². The summed E-state index contributed by atoms with van der Waals surface area (Å²) in [5, 5.41) is 0. The first-order valence-corrected chi connectivity index (χ1v) is 11.1. The number of esters is 3. The van der Waals surface area contributed by atoms with Crippen molar-refractivity contribution in [2.24, 2.45) is 5.73 Å². The Hall–Kier alpha value is -4.50. The van der Waals surface area contributed by atoms with Crippen LogP contribution in [-0.2, 0) is 23.7 Å². The summed E-state index contributed by atoms with van der Waals surface area (Å²) in [6.45, 7) is -0.321. The molecule has 1 saturated heterocycles. The van der Waals surface area contributed by atoms with E-state index in [-0.39, 0.29) is 23.3 Å². The average molecular weight is 489 g/mol. The zero-order valence-corrected chi connectivity index (χ0v) is 19.0. The number of carbonyl (C=O) groups is 4. The molecule has 0 saturated carbocycles. The van der Waals surface area contributed by atoms with Crippen LogP contribution in [0.25, 0.3) is 0 Å². The van der Waals surface area contributed by atoms with Gasteiger partial charge in [0, 0.05) is 0 Å². The highest BCUT2D eigenvalue weighted by atomic mass is 16.6. The quantitative estimate of drug-likeness (QED) is 0.396. The lowest BCUT2D eigenvalue weighted by molar-refractivity contribution is -0.192. The van der Waals surface area contributed by atoms with Gasteiger partial charge in [-0.2, -0.15) is 0 Å². The normalized spacial score (nSPS) is 21.1. The smallest absolute Gasteiger partial charge is 0.338 e. The third-order valence-electron chi connectivity index (χ3n) is 5.48. The lowest BCUT2D eigenvalue weighted by Crippen LogP contribution is -2.61. The molecular weight excluding hydrogens is 466 g/mol. The van der Waals surface area contributed by atoms with E-state index < -0.39 is 48.2 Å². The standard InChI is InChI=1S/C27H23NO8/c28-24(29)23-22(36-27(32)19-14-8-3-9-15-19)21(35-26(31)18-12-6-2-7-13-18)20(16-33-23)34-25(30)17-10-4-1-5-11-17/h1-15,20-23H,16H2,(H2,28,29)/t20-,21+,22-,23-/m1/s1. The fourth-order valence-electron chi connectivity index (χ4n) is 3.70. The van der Waals surface area contributed by atoms with Crippen LogP contribution in [0.5, 0.6) is 0 Å². The van der Waals surface area contributed by atoms with Crippen molar-refractivity contribution in [2.45, 2.75) is 24.4 Å². The molecule has 0 bridgehead atoms. The summed E-state index contributed by atoms with van der Waals surface area (Å²) in [6.07, 6.45) is -5.51. The number of hydrogen-bond acceptors (Lipinski definition) is 8. The molecule has 4 rings (SSSR count). The predicted molar refractivity (Wildman–Crippen MR) is 126 cm³/mol. The van der Waals surface area contributed by atoms with Crippen LogP contribution in [-0.4, -0.2) is 54.8 Å². The zero-order chi connectivity index (χ0) is 25.5. The van der Waals surface area contributed by atoms with Gasteiger partial charge in [-0.1, -0.05) is 54.6 Å². The monoisotopic (exact) mass is 489 g/mol. The van der Waals surface area contributed by atoms with Crippen molar-refractivity contribution in [1.82, 2.24) is 0 Å². The molecule has 1 aliphatic rings. The van der Waals surface area contributed by atoms with Crippen molar-refractivity contribution in [2.75, 3.05) is 6.61 Å². The second kappa shape index (κ2) is 11.3. The van der Waals surface area contributed by atoms with E-state index in [0.717, 1.165) is 0 Å². The number of nitrogens with two attached hydrogens (primary N) is 1. The second-order valence-corrected chi connectivity index (χ2v) is 7.94. The zero-order valence-electron chi connectivity index (χ0n) is 19.0. The minimum Gasteiger partial charge on any atom is -0.452 e. The Morgan fingerprint density at radius 2 is 1.00 bits per heavy atom. The molecule has 1 heterocycles. The summed E-state index contributed by atoms with van der Waals surface area (Å²) in [6, 6.07) is 24.3. The molecule has 0 radical (unpaired) electrons. The van der Waals surface area contributed by atoms with Crippen LogP contribution in [0.4, 0.5) is 0 Å². The fourth-order valence-corrected chi connectivity index (χ4v) is 3.70. The summed E-state index contributed by atoms with van der Waals surface area (Å²) >= 11 is 0. The number of amides is 1. The Bertz CT molecular complexity index is 1220. The van der Waals surface area contributed by atoms with E-state index in [4.69, 9.17) is 24.7 Å². The first-order chi connectivity index (χ1) is 17.4. The highest BCUT2D eigenvalue weighted by Crippen LogP contribution is 2.26. The lowest BCUT2D eigenvalue weighted by Gasteiger charge is -2.39. The molecule has 0 spiro atoms. The summed E-state index contributed by atoms with van der Waals surface area (Å²) in [4.78, 5) is 50.7. The van der Waals surface area contributed by atoms with Gasteiger partial charge in [0.2, 0.25) is 0 Å². The Balaban J connectivity index is 1.65. The Morgan fingerprint density at radius 3 is 1.42 bits per heavy atom. The largest absolute Gasteiger partial charge is 0.452 e. The van der Waals surface area contributed by atoms with Crippen LogP contribution in [0, 0.1) is 0 Å². The minimum atomic E-state index is -1.48. The van der Waals surface area contributed by atoms with Gasteiger partial charge in [-0.25, -0.2) is 14.4 Å². The van der Waals surface area contributed by atoms with E-state index in [0.29, 0.717) is 0 Å². The molecule has 1 aliphatic heterocycles. The average Bonchev–Trinajstić information content (AvgIpc) is 2.91. The number of rotatable bonds is 7. The van der Waals surface area contributed by atoms with E-state index in [1.54, 1.807) is 66.7 Å². The summed E-state index contributed by atoms with van der Waals surface area (Å²) in [7, 11) is 0. The number of ether oxygens (including phenoxy) is 4. The highest BCUT2D eigenvalue weighted by Gasteiger charge is 2.50. The lowest BCUT2D eigenvalue weighted by atomic mass is 9.98. The number of primary amides is 1. The molecule has 9 heteroatoms. The molecule has 3 aromatic carbocycles. The van der Waals surface area contributed by atoms with Crippen molar-refractivity contribution in [1.29, 1.82) is 0 Å². The maximum atomic E-state index is 12.9. The molecular formula is C27H23NO8. The first-order valence-electron chi connectivity index (χ1n) is 11.1. The van der Waals surface area contributed by atoms with Gasteiger partial charge in [-0.05, 0) is 36.4 Å². The van der Waals surface area contributed by atoms with Gasteiger partial charge < -0.3 is 24.7 Å². The van der Waals surface area contributed by atoms with Gasteiger partial charge in [0.05, 0.1) is 23.3 Å². The Labute approximate surface area is 206 Å². The maximum absolute atomic E-state index is 12.9. The predicted octanol–water partition coefficient (Wildman–Crippen LogP) is 2.55. The van der Waals surface area contributed by atoms with Crippen LogP contribution >= 0.6 is 0 Å². The third-order valence-corrected chi connectivity index (χ3v) is 5.48. The number of hydrogen-bond donors (Lipinski definition) is 1. The second-order valence-electron chi connectivity index (χ2n) is 7.94. The van der Waals surface area contributed by atoms with Gasteiger partial charge in [0.1, 0.15) is 0 Å². The van der Waals surface area contributed by atoms with Crippen molar-refractivity contribution >= 4 is 23.8 Å². The van der Waals surface area contributed by atoms with Gasteiger partial charge in [0.15, 0.2) is 24.4 Å². The molecule has 4 atom stereocenters. The van der Waals surface area contributed by atoms with Crippen LogP contribution in [0.15, 0.2) is 91.0 Å². The molecule has 184 valence electrons. The van der Waals surface area contributed by atoms with Gasteiger partial charge >= 0.3 is 17.9 Å². The molecule has 2 N–H and O–H groups in total. The molecule has 36 heavy (non-hydrogen) atoms. The van der Waals surface area contributed by atoms with Gasteiger partial charge in [-0.15, -0.1) is 0 Å². The van der Waals surface area contributed by atoms with Crippen molar-refractivity contribution in [3.8, 4) is 0 Å².